The number of rotatable bonds is 5. The molecule has 0 spiro atoms. The lowest BCUT2D eigenvalue weighted by Gasteiger charge is -2.40. The molecule has 8 heteroatoms. The Balaban J connectivity index is 0.00000240. The SMILES string of the molecule is Cl.O=C1C2C3CCC(C3)[C@H]2C(=O)N1C[C@@H]1CCCC[C@H]1CN1CCN(c2nsc3ccccc23)CC1. The number of amides is 2. The van der Waals surface area contributed by atoms with Gasteiger partial charge in [0.05, 0.1) is 16.5 Å². The second-order valence-corrected chi connectivity index (χ2v) is 12.6. The van der Waals surface area contributed by atoms with E-state index in [1.165, 1.54) is 29.3 Å². The predicted molar refractivity (Wildman–Crippen MR) is 145 cm³/mol. The van der Waals surface area contributed by atoms with Gasteiger partial charge < -0.3 is 4.90 Å². The molecule has 3 saturated carbocycles. The van der Waals surface area contributed by atoms with Crippen molar-refractivity contribution in [2.75, 3.05) is 44.2 Å². The van der Waals surface area contributed by atoms with Crippen LogP contribution in [-0.4, -0.2) is 65.3 Å². The topological polar surface area (TPSA) is 56.8 Å². The first-order valence-electron chi connectivity index (χ1n) is 13.8. The number of hydrogen-bond acceptors (Lipinski definition) is 6. The monoisotopic (exact) mass is 528 g/mol. The van der Waals surface area contributed by atoms with Gasteiger partial charge in [-0.15, -0.1) is 12.4 Å². The van der Waals surface area contributed by atoms with Crippen molar-refractivity contribution < 1.29 is 9.59 Å². The Morgan fingerprint density at radius 3 is 2.17 bits per heavy atom. The number of benzene rings is 1. The van der Waals surface area contributed by atoms with Crippen LogP contribution in [-0.2, 0) is 9.59 Å². The van der Waals surface area contributed by atoms with Crippen LogP contribution in [0.25, 0.3) is 10.1 Å². The highest BCUT2D eigenvalue weighted by molar-refractivity contribution is 7.13. The van der Waals surface area contributed by atoms with E-state index in [9.17, 15) is 9.59 Å². The van der Waals surface area contributed by atoms with E-state index in [0.717, 1.165) is 64.2 Å². The Hall–Kier alpha value is -1.70. The number of carbonyl (C=O) groups excluding carboxylic acids is 2. The zero-order valence-electron chi connectivity index (χ0n) is 20.9. The van der Waals surface area contributed by atoms with Crippen LogP contribution in [0, 0.1) is 35.5 Å². The number of hydrogen-bond donors (Lipinski definition) is 0. The summed E-state index contributed by atoms with van der Waals surface area (Å²) in [4.78, 5) is 33.4. The normalized spacial score (nSPS) is 34.4. The second kappa shape index (κ2) is 9.88. The summed E-state index contributed by atoms with van der Waals surface area (Å²) in [5.41, 5.74) is 0. The van der Waals surface area contributed by atoms with Gasteiger partial charge >= 0.3 is 0 Å². The van der Waals surface area contributed by atoms with E-state index in [0.29, 0.717) is 30.2 Å². The molecule has 2 bridgehead atoms. The molecule has 3 unspecified atom stereocenters. The Morgan fingerprint density at radius 2 is 1.47 bits per heavy atom. The van der Waals surface area contributed by atoms with Crippen molar-refractivity contribution in [3.8, 4) is 0 Å². The minimum Gasteiger partial charge on any atom is -0.353 e. The summed E-state index contributed by atoms with van der Waals surface area (Å²) >= 11 is 1.60. The van der Waals surface area contributed by atoms with Crippen molar-refractivity contribution in [1.82, 2.24) is 14.2 Å². The van der Waals surface area contributed by atoms with Gasteiger partial charge in [0, 0.05) is 44.7 Å². The van der Waals surface area contributed by atoms with Crippen molar-refractivity contribution in [2.24, 2.45) is 35.5 Å². The Labute approximate surface area is 224 Å². The maximum absolute atomic E-state index is 13.3. The highest BCUT2D eigenvalue weighted by Gasteiger charge is 2.61. The van der Waals surface area contributed by atoms with Crippen LogP contribution in [0.15, 0.2) is 24.3 Å². The van der Waals surface area contributed by atoms with E-state index in [1.54, 1.807) is 16.4 Å². The Kier molecular flexibility index (Phi) is 6.76. The van der Waals surface area contributed by atoms with Crippen molar-refractivity contribution in [1.29, 1.82) is 0 Å². The number of piperazine rings is 1. The van der Waals surface area contributed by atoms with Crippen LogP contribution < -0.4 is 4.90 Å². The zero-order chi connectivity index (χ0) is 23.5. The van der Waals surface area contributed by atoms with Crippen molar-refractivity contribution >= 4 is 51.7 Å². The molecule has 5 aliphatic rings. The smallest absolute Gasteiger partial charge is 0.233 e. The van der Waals surface area contributed by atoms with E-state index in [2.05, 4.69) is 34.1 Å². The molecular formula is C28H37ClN4O2S. The first-order chi connectivity index (χ1) is 17.2. The molecular weight excluding hydrogens is 492 g/mol. The quantitative estimate of drug-likeness (QED) is 0.527. The largest absolute Gasteiger partial charge is 0.353 e. The average Bonchev–Trinajstić information content (AvgIpc) is 3.66. The Bertz CT molecular complexity index is 1100. The number of nitrogens with zero attached hydrogens (tertiary/aromatic N) is 4. The third-order valence-corrected chi connectivity index (χ3v) is 10.8. The molecule has 7 rings (SSSR count). The summed E-state index contributed by atoms with van der Waals surface area (Å²) in [5.74, 6) is 3.59. The lowest BCUT2D eigenvalue weighted by Crippen LogP contribution is -2.49. The molecule has 1 aromatic carbocycles. The molecule has 0 N–H and O–H groups in total. The van der Waals surface area contributed by atoms with Crippen LogP contribution in [0.5, 0.6) is 0 Å². The molecule has 194 valence electrons. The summed E-state index contributed by atoms with van der Waals surface area (Å²) in [5, 5.41) is 1.27. The van der Waals surface area contributed by atoms with Gasteiger partial charge in [0.15, 0.2) is 0 Å². The standard InChI is InChI=1S/C28H36N4O2S.ClH/c33-27-24-18-9-10-19(15-18)25(24)28(34)32(27)17-21-6-2-1-5-20(21)16-30-11-13-31(14-12-30)26-22-7-3-4-8-23(22)35-29-26;/h3-4,7-8,18-21,24-25H,1-2,5-6,9-17H2;1H/t18?,19?,20-,21-,24+,25?;/m0./s1. The Morgan fingerprint density at radius 1 is 0.833 bits per heavy atom. The number of carbonyl (C=O) groups is 2. The molecule has 2 aliphatic heterocycles. The number of anilines is 1. The summed E-state index contributed by atoms with van der Waals surface area (Å²) in [6.07, 6.45) is 8.35. The number of imide groups is 1. The number of likely N-dealkylation sites (tertiary alicyclic amines) is 1. The fourth-order valence-corrected chi connectivity index (χ4v) is 9.02. The summed E-state index contributed by atoms with van der Waals surface area (Å²) < 4.78 is 6.02. The lowest BCUT2D eigenvalue weighted by atomic mass is 9.78. The molecule has 5 fully saturated rings. The van der Waals surface area contributed by atoms with E-state index in [-0.39, 0.29) is 36.1 Å². The van der Waals surface area contributed by atoms with E-state index in [4.69, 9.17) is 4.37 Å². The first-order valence-corrected chi connectivity index (χ1v) is 14.6. The van der Waals surface area contributed by atoms with E-state index < -0.39 is 0 Å². The number of fused-ring (bicyclic) bond motifs is 6. The van der Waals surface area contributed by atoms with Crippen LogP contribution in [0.1, 0.15) is 44.9 Å². The van der Waals surface area contributed by atoms with Gasteiger partial charge in [-0.05, 0) is 79.4 Å². The van der Waals surface area contributed by atoms with Crippen molar-refractivity contribution in [3.05, 3.63) is 24.3 Å². The molecule has 0 radical (unpaired) electrons. The first kappa shape index (κ1) is 24.6. The summed E-state index contributed by atoms with van der Waals surface area (Å²) in [6.45, 7) is 5.93. The molecule has 2 saturated heterocycles. The van der Waals surface area contributed by atoms with E-state index in [1.807, 2.05) is 0 Å². The van der Waals surface area contributed by atoms with Crippen LogP contribution >= 0.6 is 23.9 Å². The van der Waals surface area contributed by atoms with Gasteiger partial charge in [-0.2, -0.15) is 4.37 Å². The predicted octanol–water partition coefficient (Wildman–Crippen LogP) is 4.68. The fraction of sp³-hybridized carbons (Fsp3) is 0.679. The minimum absolute atomic E-state index is 0. The van der Waals surface area contributed by atoms with Gasteiger partial charge in [0.25, 0.3) is 0 Å². The van der Waals surface area contributed by atoms with Gasteiger partial charge in [-0.1, -0.05) is 25.0 Å². The molecule has 2 aromatic rings. The molecule has 3 aliphatic carbocycles. The minimum atomic E-state index is 0. The number of aromatic nitrogens is 1. The fourth-order valence-electron chi connectivity index (χ4n) is 8.22. The molecule has 6 nitrogen and oxygen atoms in total. The molecule has 2 amide bonds. The number of halogens is 1. The second-order valence-electron chi connectivity index (χ2n) is 11.8. The summed E-state index contributed by atoms with van der Waals surface area (Å²) in [7, 11) is 0. The van der Waals surface area contributed by atoms with E-state index >= 15 is 0 Å². The van der Waals surface area contributed by atoms with Gasteiger partial charge in [0.2, 0.25) is 11.8 Å². The van der Waals surface area contributed by atoms with Gasteiger partial charge in [-0.25, -0.2) is 0 Å². The molecule has 1 aromatic heterocycles. The van der Waals surface area contributed by atoms with Gasteiger partial charge in [-0.3, -0.25) is 19.4 Å². The summed E-state index contributed by atoms with van der Waals surface area (Å²) in [6, 6.07) is 8.54. The highest BCUT2D eigenvalue weighted by Crippen LogP contribution is 2.56. The maximum Gasteiger partial charge on any atom is 0.233 e. The molecule has 36 heavy (non-hydrogen) atoms. The van der Waals surface area contributed by atoms with Crippen molar-refractivity contribution in [2.45, 2.75) is 44.9 Å². The van der Waals surface area contributed by atoms with Gasteiger partial charge in [0.1, 0.15) is 5.82 Å². The third-order valence-electron chi connectivity index (χ3n) is 10.0. The maximum atomic E-state index is 13.3. The van der Waals surface area contributed by atoms with Crippen molar-refractivity contribution in [3.63, 3.8) is 0 Å². The average molecular weight is 529 g/mol. The third kappa shape index (κ3) is 4.06. The zero-order valence-corrected chi connectivity index (χ0v) is 22.5. The van der Waals surface area contributed by atoms with Crippen LogP contribution in [0.3, 0.4) is 0 Å². The lowest BCUT2D eigenvalue weighted by molar-refractivity contribution is -0.142. The van der Waals surface area contributed by atoms with Crippen LogP contribution in [0.2, 0.25) is 0 Å². The van der Waals surface area contributed by atoms with Crippen LogP contribution in [0.4, 0.5) is 5.82 Å². The molecule has 6 atom stereocenters. The molecule has 3 heterocycles. The highest BCUT2D eigenvalue weighted by atomic mass is 35.5.